The highest BCUT2D eigenvalue weighted by Gasteiger charge is 2.20. The van der Waals surface area contributed by atoms with Gasteiger partial charge in [0.1, 0.15) is 0 Å². The van der Waals surface area contributed by atoms with Crippen molar-refractivity contribution in [3.05, 3.63) is 92.4 Å². The lowest BCUT2D eigenvalue weighted by Gasteiger charge is -2.10. The molecule has 2 aromatic carbocycles. The average Bonchev–Trinajstić information content (AvgIpc) is 3.36. The highest BCUT2D eigenvalue weighted by Crippen LogP contribution is 2.25. The van der Waals surface area contributed by atoms with Gasteiger partial charge in [0.05, 0.1) is 45.8 Å². The van der Waals surface area contributed by atoms with Crippen molar-refractivity contribution in [1.82, 2.24) is 19.6 Å². The van der Waals surface area contributed by atoms with Crippen molar-refractivity contribution in [2.24, 2.45) is 0 Å². The minimum atomic E-state index is -1.48. The maximum absolute atomic E-state index is 14.0. The topological polar surface area (TPSA) is 59.7 Å². The van der Waals surface area contributed by atoms with Gasteiger partial charge in [0.2, 0.25) is 0 Å². The van der Waals surface area contributed by atoms with Gasteiger partial charge in [0.25, 0.3) is 0 Å². The predicted octanol–water partition coefficient (Wildman–Crippen LogP) is 6.47. The summed E-state index contributed by atoms with van der Waals surface area (Å²) in [6.07, 6.45) is 1.39. The van der Waals surface area contributed by atoms with Gasteiger partial charge in [-0.05, 0) is 43.8 Å². The lowest BCUT2D eigenvalue weighted by molar-refractivity contribution is 0.431. The number of aryl methyl sites for hydroxylation is 1. The third-order valence-corrected chi connectivity index (χ3v) is 6.28. The number of halogens is 6. The average molecular weight is 557 g/mol. The van der Waals surface area contributed by atoms with Crippen molar-refractivity contribution in [2.45, 2.75) is 26.9 Å². The first-order valence-electron chi connectivity index (χ1n) is 10.4. The van der Waals surface area contributed by atoms with Crippen molar-refractivity contribution in [1.29, 1.82) is 0 Å². The molecule has 4 aromatic rings. The van der Waals surface area contributed by atoms with Gasteiger partial charge >= 0.3 is 0 Å². The number of nitrogens with zero attached hydrogens (tertiary/aromatic N) is 4. The van der Waals surface area contributed by atoms with E-state index in [4.69, 9.17) is 35.4 Å². The van der Waals surface area contributed by atoms with Gasteiger partial charge in [-0.2, -0.15) is 10.2 Å². The molecule has 0 saturated carbocycles. The molecular weight excluding hydrogens is 539 g/mol. The Balaban J connectivity index is 1.44. The van der Waals surface area contributed by atoms with Crippen LogP contribution < -0.4 is 10.6 Å². The van der Waals surface area contributed by atoms with Gasteiger partial charge in [-0.1, -0.05) is 29.3 Å². The maximum atomic E-state index is 14.0. The summed E-state index contributed by atoms with van der Waals surface area (Å²) < 4.78 is 57.7. The standard InChI is InChI=1S/C23H18Cl2F4N6S/c1-11-22(12(2)35(32-11)9-13-3-4-15(24)16(25)7-13)31-23(36)30-19-5-6-34(33-19)10-14-20(28)17(26)8-18(27)21(14)29/h3-8H,9-10H2,1-2H3,(H2,30,31,33,36). The molecule has 6 nitrogen and oxygen atoms in total. The smallest absolute Gasteiger partial charge is 0.176 e. The normalized spacial score (nSPS) is 11.1. The molecule has 188 valence electrons. The SMILES string of the molecule is Cc1nn(Cc2ccc(Cl)c(Cl)c2)c(C)c1NC(=S)Nc1ccn(Cc2c(F)c(F)cc(F)c2F)n1. The first-order chi connectivity index (χ1) is 17.0. The minimum absolute atomic E-state index is 0.158. The van der Waals surface area contributed by atoms with Crippen molar-refractivity contribution >= 4 is 52.0 Å². The number of rotatable bonds is 6. The first-order valence-corrected chi connectivity index (χ1v) is 11.6. The Morgan fingerprint density at radius 2 is 1.61 bits per heavy atom. The zero-order valence-electron chi connectivity index (χ0n) is 18.8. The molecule has 0 radical (unpaired) electrons. The van der Waals surface area contributed by atoms with Crippen molar-refractivity contribution in [3.63, 3.8) is 0 Å². The van der Waals surface area contributed by atoms with Crippen LogP contribution >= 0.6 is 35.4 Å². The molecule has 2 aromatic heterocycles. The summed E-state index contributed by atoms with van der Waals surface area (Å²) in [5, 5.41) is 15.7. The van der Waals surface area contributed by atoms with Crippen LogP contribution in [0.3, 0.4) is 0 Å². The van der Waals surface area contributed by atoms with E-state index in [9.17, 15) is 17.6 Å². The van der Waals surface area contributed by atoms with E-state index in [-0.39, 0.29) is 17.0 Å². The summed E-state index contributed by atoms with van der Waals surface area (Å²) in [7, 11) is 0. The zero-order valence-corrected chi connectivity index (χ0v) is 21.2. The molecule has 0 amide bonds. The van der Waals surface area contributed by atoms with E-state index in [1.807, 2.05) is 19.9 Å². The van der Waals surface area contributed by atoms with Crippen LogP contribution in [0.4, 0.5) is 29.1 Å². The van der Waals surface area contributed by atoms with E-state index in [2.05, 4.69) is 20.8 Å². The predicted molar refractivity (Wildman–Crippen MR) is 135 cm³/mol. The first kappa shape index (κ1) is 25.9. The zero-order chi connectivity index (χ0) is 26.1. The molecule has 0 saturated heterocycles. The molecule has 4 rings (SSSR count). The minimum Gasteiger partial charge on any atom is -0.329 e. The van der Waals surface area contributed by atoms with Gasteiger partial charge < -0.3 is 10.6 Å². The lowest BCUT2D eigenvalue weighted by Crippen LogP contribution is -2.20. The lowest BCUT2D eigenvalue weighted by atomic mass is 10.2. The van der Waals surface area contributed by atoms with E-state index in [1.54, 1.807) is 16.8 Å². The summed E-state index contributed by atoms with van der Waals surface area (Å²) in [6, 6.07) is 7.00. The summed E-state index contributed by atoms with van der Waals surface area (Å²) in [4.78, 5) is 0. The number of hydrogen-bond donors (Lipinski definition) is 2. The molecule has 0 unspecified atom stereocenters. The molecule has 2 heterocycles. The fourth-order valence-electron chi connectivity index (χ4n) is 3.54. The van der Waals surface area contributed by atoms with Crippen LogP contribution in [0.5, 0.6) is 0 Å². The van der Waals surface area contributed by atoms with Crippen LogP contribution in [0.2, 0.25) is 10.0 Å². The van der Waals surface area contributed by atoms with Crippen LogP contribution in [-0.4, -0.2) is 24.7 Å². The molecule has 0 aliphatic heterocycles. The Morgan fingerprint density at radius 1 is 0.917 bits per heavy atom. The Labute approximate surface area is 218 Å². The van der Waals surface area contributed by atoms with E-state index in [1.165, 1.54) is 12.3 Å². The molecule has 0 aliphatic carbocycles. The molecule has 2 N–H and O–H groups in total. The molecule has 0 spiro atoms. The molecule has 36 heavy (non-hydrogen) atoms. The molecule has 0 bridgehead atoms. The third-order valence-electron chi connectivity index (χ3n) is 5.34. The highest BCUT2D eigenvalue weighted by atomic mass is 35.5. The second-order valence-corrected chi connectivity index (χ2v) is 9.10. The highest BCUT2D eigenvalue weighted by molar-refractivity contribution is 7.80. The van der Waals surface area contributed by atoms with E-state index in [0.717, 1.165) is 15.9 Å². The number of benzene rings is 2. The van der Waals surface area contributed by atoms with Gasteiger partial charge in [-0.3, -0.25) is 9.36 Å². The molecule has 0 atom stereocenters. The fourth-order valence-corrected chi connectivity index (χ4v) is 4.07. The number of aromatic nitrogens is 4. The molecular formula is C23H18Cl2F4N6S. The van der Waals surface area contributed by atoms with E-state index in [0.29, 0.717) is 28.0 Å². The third kappa shape index (κ3) is 5.48. The van der Waals surface area contributed by atoms with Gasteiger partial charge in [-0.15, -0.1) is 0 Å². The Morgan fingerprint density at radius 3 is 2.28 bits per heavy atom. The molecule has 13 heteroatoms. The second-order valence-electron chi connectivity index (χ2n) is 7.88. The molecule has 0 fully saturated rings. The van der Waals surface area contributed by atoms with Crippen LogP contribution in [0.1, 0.15) is 22.5 Å². The van der Waals surface area contributed by atoms with E-state index >= 15 is 0 Å². The van der Waals surface area contributed by atoms with Crippen molar-refractivity contribution < 1.29 is 17.6 Å². The van der Waals surface area contributed by atoms with Crippen LogP contribution in [0.25, 0.3) is 0 Å². The summed E-state index contributed by atoms with van der Waals surface area (Å²) in [5.74, 6) is -5.65. The quantitative estimate of drug-likeness (QED) is 0.162. The fraction of sp³-hybridized carbons (Fsp3) is 0.174. The van der Waals surface area contributed by atoms with Crippen LogP contribution in [0.15, 0.2) is 36.5 Å². The number of hydrogen-bond acceptors (Lipinski definition) is 3. The van der Waals surface area contributed by atoms with Gasteiger partial charge in [0.15, 0.2) is 34.2 Å². The van der Waals surface area contributed by atoms with Gasteiger partial charge in [-0.25, -0.2) is 17.6 Å². The van der Waals surface area contributed by atoms with Gasteiger partial charge in [0, 0.05) is 18.3 Å². The summed E-state index contributed by atoms with van der Waals surface area (Å²) in [5.41, 5.74) is 2.34. The Hall–Kier alpha value is -3.15. The van der Waals surface area contributed by atoms with E-state index < -0.39 is 35.4 Å². The monoisotopic (exact) mass is 556 g/mol. The number of anilines is 2. The number of nitrogens with one attached hydrogen (secondary N) is 2. The maximum Gasteiger partial charge on any atom is 0.176 e. The Kier molecular flexibility index (Phi) is 7.53. The van der Waals surface area contributed by atoms with Crippen LogP contribution in [-0.2, 0) is 13.1 Å². The second kappa shape index (κ2) is 10.5. The summed E-state index contributed by atoms with van der Waals surface area (Å²) in [6.45, 7) is 3.63. The summed E-state index contributed by atoms with van der Waals surface area (Å²) >= 11 is 17.4. The Bertz CT molecular complexity index is 1440. The van der Waals surface area contributed by atoms with Crippen molar-refractivity contribution in [2.75, 3.05) is 10.6 Å². The number of thiocarbonyl (C=S) groups is 1. The van der Waals surface area contributed by atoms with Crippen LogP contribution in [0, 0.1) is 37.1 Å². The largest absolute Gasteiger partial charge is 0.329 e. The molecule has 0 aliphatic rings. The van der Waals surface area contributed by atoms with Crippen molar-refractivity contribution in [3.8, 4) is 0 Å².